The zero-order chi connectivity index (χ0) is 18.5. The summed E-state index contributed by atoms with van der Waals surface area (Å²) in [6.07, 6.45) is 3.34. The number of amides is 1. The zero-order valence-electron chi connectivity index (χ0n) is 15.5. The minimum absolute atomic E-state index is 0.203. The summed E-state index contributed by atoms with van der Waals surface area (Å²) < 4.78 is 16.1. The number of aryl methyl sites for hydroxylation is 1. The van der Waals surface area contributed by atoms with Crippen molar-refractivity contribution in [2.45, 2.75) is 38.3 Å². The van der Waals surface area contributed by atoms with Crippen LogP contribution in [0.1, 0.15) is 29.7 Å². The summed E-state index contributed by atoms with van der Waals surface area (Å²) >= 11 is 1.70. The molecular weight excluding hydrogens is 350 g/mol. The third kappa shape index (κ3) is 4.30. The molecule has 0 radical (unpaired) electrons. The summed E-state index contributed by atoms with van der Waals surface area (Å²) in [4.78, 5) is 16.1. The molecule has 1 aromatic carbocycles. The van der Waals surface area contributed by atoms with Gasteiger partial charge in [0.15, 0.2) is 11.5 Å². The Morgan fingerprint density at radius 1 is 1.15 bits per heavy atom. The topological polar surface area (TPSA) is 48.0 Å². The molecule has 0 bridgehead atoms. The molecule has 140 valence electrons. The van der Waals surface area contributed by atoms with Gasteiger partial charge < -0.3 is 19.1 Å². The molecule has 0 N–H and O–H groups in total. The number of ether oxygens (including phenoxy) is 3. The number of hydrogen-bond acceptors (Lipinski definition) is 5. The molecule has 1 saturated carbocycles. The summed E-state index contributed by atoms with van der Waals surface area (Å²) in [5, 5.41) is 2.06. The monoisotopic (exact) mass is 375 g/mol. The first-order valence-electron chi connectivity index (χ1n) is 8.77. The van der Waals surface area contributed by atoms with Gasteiger partial charge in [-0.2, -0.15) is 0 Å². The predicted octanol–water partition coefficient (Wildman–Crippen LogP) is 3.90. The fraction of sp³-hybridized carbons (Fsp3) is 0.450. The number of benzene rings is 1. The molecule has 26 heavy (non-hydrogen) atoms. The van der Waals surface area contributed by atoms with Gasteiger partial charge in [0.2, 0.25) is 11.7 Å². The predicted molar refractivity (Wildman–Crippen MR) is 102 cm³/mol. The number of rotatable bonds is 9. The SMILES string of the molecule is COc1cc(CCC(=O)N(Cc2cccs2)C2CC2)cc(OC)c1OC. The standard InChI is InChI=1S/C20H25NO4S/c1-23-17-11-14(12-18(24-2)20(17)25-3)6-9-19(22)21(15-7-8-15)13-16-5-4-10-26-16/h4-5,10-12,15H,6-9,13H2,1-3H3. The van der Waals surface area contributed by atoms with Gasteiger partial charge in [0.05, 0.1) is 27.9 Å². The quantitative estimate of drug-likeness (QED) is 0.667. The van der Waals surface area contributed by atoms with Gasteiger partial charge in [0, 0.05) is 17.3 Å². The lowest BCUT2D eigenvalue weighted by Gasteiger charge is -2.22. The van der Waals surface area contributed by atoms with E-state index >= 15 is 0 Å². The van der Waals surface area contributed by atoms with E-state index in [0.717, 1.165) is 24.9 Å². The Kier molecular flexibility index (Phi) is 6.04. The van der Waals surface area contributed by atoms with Crippen LogP contribution in [0.25, 0.3) is 0 Å². The van der Waals surface area contributed by atoms with Crippen molar-refractivity contribution in [3.8, 4) is 17.2 Å². The first kappa shape index (κ1) is 18.6. The second kappa shape index (κ2) is 8.45. The molecule has 2 aromatic rings. The molecule has 1 aliphatic carbocycles. The maximum absolute atomic E-state index is 12.8. The first-order chi connectivity index (χ1) is 12.7. The first-order valence-corrected chi connectivity index (χ1v) is 9.65. The molecule has 6 heteroatoms. The van der Waals surface area contributed by atoms with Crippen molar-refractivity contribution >= 4 is 17.2 Å². The van der Waals surface area contributed by atoms with Gasteiger partial charge in [-0.05, 0) is 48.4 Å². The summed E-state index contributed by atoms with van der Waals surface area (Å²) in [5.41, 5.74) is 1.000. The minimum atomic E-state index is 0.203. The Balaban J connectivity index is 1.68. The van der Waals surface area contributed by atoms with Gasteiger partial charge in [-0.15, -0.1) is 11.3 Å². The molecule has 1 fully saturated rings. The van der Waals surface area contributed by atoms with Gasteiger partial charge in [-0.3, -0.25) is 4.79 Å². The second-order valence-electron chi connectivity index (χ2n) is 6.37. The Morgan fingerprint density at radius 3 is 2.35 bits per heavy atom. The van der Waals surface area contributed by atoms with Crippen molar-refractivity contribution in [1.82, 2.24) is 4.90 Å². The van der Waals surface area contributed by atoms with E-state index in [2.05, 4.69) is 11.4 Å². The largest absolute Gasteiger partial charge is 0.493 e. The summed E-state index contributed by atoms with van der Waals surface area (Å²) in [6, 6.07) is 8.35. The Labute approximate surface area is 158 Å². The smallest absolute Gasteiger partial charge is 0.223 e. The second-order valence-corrected chi connectivity index (χ2v) is 7.40. The van der Waals surface area contributed by atoms with Gasteiger partial charge in [-0.1, -0.05) is 6.07 Å². The van der Waals surface area contributed by atoms with Crippen molar-refractivity contribution in [2.24, 2.45) is 0 Å². The fourth-order valence-electron chi connectivity index (χ4n) is 3.05. The lowest BCUT2D eigenvalue weighted by molar-refractivity contribution is -0.132. The third-order valence-electron chi connectivity index (χ3n) is 4.57. The van der Waals surface area contributed by atoms with Crippen LogP contribution < -0.4 is 14.2 Å². The molecule has 1 heterocycles. The number of carbonyl (C=O) groups excluding carboxylic acids is 1. The van der Waals surface area contributed by atoms with Crippen molar-refractivity contribution in [1.29, 1.82) is 0 Å². The number of hydrogen-bond donors (Lipinski definition) is 0. The molecule has 0 spiro atoms. The fourth-order valence-corrected chi connectivity index (χ4v) is 3.75. The molecule has 1 aliphatic rings. The lowest BCUT2D eigenvalue weighted by Crippen LogP contribution is -2.32. The molecule has 5 nitrogen and oxygen atoms in total. The maximum atomic E-state index is 12.8. The van der Waals surface area contributed by atoms with Crippen molar-refractivity contribution in [3.63, 3.8) is 0 Å². The van der Waals surface area contributed by atoms with Crippen LogP contribution in [0.5, 0.6) is 17.2 Å². The van der Waals surface area contributed by atoms with Crippen LogP contribution >= 0.6 is 11.3 Å². The van der Waals surface area contributed by atoms with Gasteiger partial charge in [0.1, 0.15) is 0 Å². The summed E-state index contributed by atoms with van der Waals surface area (Å²) in [5.74, 6) is 2.01. The van der Waals surface area contributed by atoms with Crippen LogP contribution in [0.3, 0.4) is 0 Å². The number of methoxy groups -OCH3 is 3. The molecule has 1 amide bonds. The molecule has 0 saturated heterocycles. The molecule has 0 unspecified atom stereocenters. The molecule has 0 atom stereocenters. The third-order valence-corrected chi connectivity index (χ3v) is 5.43. The average molecular weight is 375 g/mol. The highest BCUT2D eigenvalue weighted by Crippen LogP contribution is 2.38. The average Bonchev–Trinajstić information content (AvgIpc) is 3.38. The van der Waals surface area contributed by atoms with Gasteiger partial charge in [-0.25, -0.2) is 0 Å². The van der Waals surface area contributed by atoms with E-state index in [9.17, 15) is 4.79 Å². The van der Waals surface area contributed by atoms with E-state index in [1.54, 1.807) is 32.7 Å². The van der Waals surface area contributed by atoms with Crippen LogP contribution in [0.4, 0.5) is 0 Å². The highest BCUT2D eigenvalue weighted by atomic mass is 32.1. The summed E-state index contributed by atoms with van der Waals surface area (Å²) in [7, 11) is 4.78. The van der Waals surface area contributed by atoms with Crippen LogP contribution in [0.15, 0.2) is 29.6 Å². The molecule has 0 aliphatic heterocycles. The Morgan fingerprint density at radius 2 is 1.85 bits per heavy atom. The molecule has 1 aromatic heterocycles. The number of carbonyl (C=O) groups is 1. The normalized spacial score (nSPS) is 13.3. The highest BCUT2D eigenvalue weighted by Gasteiger charge is 2.32. The summed E-state index contributed by atoms with van der Waals surface area (Å²) in [6.45, 7) is 0.719. The number of nitrogens with zero attached hydrogens (tertiary/aromatic N) is 1. The number of thiophene rings is 1. The Hall–Kier alpha value is -2.21. The van der Waals surface area contributed by atoms with E-state index in [1.807, 2.05) is 23.1 Å². The molecule has 3 rings (SSSR count). The van der Waals surface area contributed by atoms with Crippen molar-refractivity contribution < 1.29 is 19.0 Å². The van der Waals surface area contributed by atoms with Gasteiger partial charge in [0.25, 0.3) is 0 Å². The van der Waals surface area contributed by atoms with Crippen LogP contribution in [0, 0.1) is 0 Å². The van der Waals surface area contributed by atoms with Crippen LogP contribution in [-0.2, 0) is 17.8 Å². The minimum Gasteiger partial charge on any atom is -0.493 e. The van der Waals surface area contributed by atoms with Crippen LogP contribution in [-0.4, -0.2) is 38.2 Å². The zero-order valence-corrected chi connectivity index (χ0v) is 16.3. The van der Waals surface area contributed by atoms with E-state index in [1.165, 1.54) is 4.88 Å². The maximum Gasteiger partial charge on any atom is 0.223 e. The highest BCUT2D eigenvalue weighted by molar-refractivity contribution is 7.09. The van der Waals surface area contributed by atoms with Crippen molar-refractivity contribution in [2.75, 3.05) is 21.3 Å². The van der Waals surface area contributed by atoms with E-state index in [-0.39, 0.29) is 5.91 Å². The Bertz CT molecular complexity index is 715. The van der Waals surface area contributed by atoms with E-state index in [4.69, 9.17) is 14.2 Å². The van der Waals surface area contributed by atoms with Gasteiger partial charge >= 0.3 is 0 Å². The van der Waals surface area contributed by atoms with E-state index in [0.29, 0.717) is 36.1 Å². The van der Waals surface area contributed by atoms with E-state index < -0.39 is 0 Å². The lowest BCUT2D eigenvalue weighted by atomic mass is 10.1. The van der Waals surface area contributed by atoms with Crippen LogP contribution in [0.2, 0.25) is 0 Å². The molecular formula is C20H25NO4S. The van der Waals surface area contributed by atoms with Crippen molar-refractivity contribution in [3.05, 3.63) is 40.1 Å².